The molecule has 1 aliphatic carbocycles. The first kappa shape index (κ1) is 13.9. The normalized spacial score (nSPS) is 28.9. The molecule has 2 unspecified atom stereocenters. The van der Waals surface area contributed by atoms with Crippen LogP contribution in [0.15, 0.2) is 0 Å². The molecule has 0 aromatic heterocycles. The maximum Gasteiger partial charge on any atom is 0.306 e. The third-order valence-corrected chi connectivity index (χ3v) is 4.45. The number of thioether (sulfide) groups is 1. The van der Waals surface area contributed by atoms with Gasteiger partial charge in [-0.25, -0.2) is 0 Å². The number of carbonyl (C=O) groups is 1. The van der Waals surface area contributed by atoms with Crippen molar-refractivity contribution >= 4 is 17.7 Å². The molecular weight excluding hydrogens is 220 g/mol. The van der Waals surface area contributed by atoms with Crippen molar-refractivity contribution in [2.45, 2.75) is 46.0 Å². The van der Waals surface area contributed by atoms with E-state index in [-0.39, 0.29) is 5.92 Å². The molecule has 1 fully saturated rings. The Kier molecular flexibility index (Phi) is 5.16. The Morgan fingerprint density at radius 3 is 2.75 bits per heavy atom. The fraction of sp³-hybridized carbons (Fsp3) is 0.923. The third kappa shape index (κ3) is 4.00. The molecule has 16 heavy (non-hydrogen) atoms. The average molecular weight is 244 g/mol. The van der Waals surface area contributed by atoms with Crippen LogP contribution >= 0.6 is 11.8 Å². The molecule has 0 spiro atoms. The second kappa shape index (κ2) is 5.95. The summed E-state index contributed by atoms with van der Waals surface area (Å²) >= 11 is 1.85. The van der Waals surface area contributed by atoms with Crippen LogP contribution in [-0.4, -0.2) is 23.1 Å². The molecule has 2 atom stereocenters. The van der Waals surface area contributed by atoms with E-state index in [1.54, 1.807) is 0 Å². The molecule has 1 rings (SSSR count). The van der Waals surface area contributed by atoms with Gasteiger partial charge in [0.15, 0.2) is 0 Å². The summed E-state index contributed by atoms with van der Waals surface area (Å²) in [6, 6.07) is 0. The van der Waals surface area contributed by atoms with Gasteiger partial charge in [-0.05, 0) is 55.4 Å². The quantitative estimate of drug-likeness (QED) is 0.750. The van der Waals surface area contributed by atoms with E-state index in [0.717, 1.165) is 37.9 Å². The Hall–Kier alpha value is -0.180. The van der Waals surface area contributed by atoms with Crippen molar-refractivity contribution in [3.05, 3.63) is 0 Å². The third-order valence-electron chi connectivity index (χ3n) is 3.76. The minimum Gasteiger partial charge on any atom is -0.481 e. The van der Waals surface area contributed by atoms with Gasteiger partial charge in [-0.2, -0.15) is 11.8 Å². The number of hydrogen-bond acceptors (Lipinski definition) is 2. The first-order valence-electron chi connectivity index (χ1n) is 6.18. The molecule has 0 aromatic carbocycles. The SMILES string of the molecule is CSCCCC1CC(C)(C)CCC1C(=O)O. The molecule has 0 aromatic rings. The number of aliphatic carboxylic acids is 1. The number of carboxylic acid groups (broad SMARTS) is 1. The predicted molar refractivity (Wildman–Crippen MR) is 69.9 cm³/mol. The average Bonchev–Trinajstić information content (AvgIpc) is 2.16. The molecule has 1 N–H and O–H groups in total. The van der Waals surface area contributed by atoms with Crippen LogP contribution in [0.3, 0.4) is 0 Å². The van der Waals surface area contributed by atoms with Gasteiger partial charge in [0.2, 0.25) is 0 Å². The topological polar surface area (TPSA) is 37.3 Å². The van der Waals surface area contributed by atoms with Crippen LogP contribution in [0.2, 0.25) is 0 Å². The molecule has 0 bridgehead atoms. The number of carboxylic acids is 1. The Morgan fingerprint density at radius 1 is 1.50 bits per heavy atom. The Bertz CT molecular complexity index is 238. The molecule has 0 radical (unpaired) electrons. The molecule has 3 heteroatoms. The summed E-state index contributed by atoms with van der Waals surface area (Å²) in [6.07, 6.45) is 7.36. The number of rotatable bonds is 5. The van der Waals surface area contributed by atoms with E-state index < -0.39 is 5.97 Å². The first-order chi connectivity index (χ1) is 7.46. The van der Waals surface area contributed by atoms with Crippen LogP contribution in [0.5, 0.6) is 0 Å². The molecule has 1 aliphatic rings. The fourth-order valence-corrected chi connectivity index (χ4v) is 3.31. The van der Waals surface area contributed by atoms with E-state index in [1.807, 2.05) is 11.8 Å². The van der Waals surface area contributed by atoms with Gasteiger partial charge >= 0.3 is 5.97 Å². The molecule has 0 saturated heterocycles. The van der Waals surface area contributed by atoms with Crippen molar-refractivity contribution in [1.29, 1.82) is 0 Å². The second-order valence-electron chi connectivity index (χ2n) is 5.75. The Labute approximate surface area is 103 Å². The monoisotopic (exact) mass is 244 g/mol. The first-order valence-corrected chi connectivity index (χ1v) is 7.57. The Balaban J connectivity index is 2.54. The molecule has 2 nitrogen and oxygen atoms in total. The molecule has 94 valence electrons. The van der Waals surface area contributed by atoms with Crippen LogP contribution < -0.4 is 0 Å². The van der Waals surface area contributed by atoms with Gasteiger partial charge in [0.1, 0.15) is 0 Å². The van der Waals surface area contributed by atoms with Gasteiger partial charge in [0.05, 0.1) is 5.92 Å². The summed E-state index contributed by atoms with van der Waals surface area (Å²) < 4.78 is 0. The van der Waals surface area contributed by atoms with E-state index in [4.69, 9.17) is 0 Å². The highest BCUT2D eigenvalue weighted by molar-refractivity contribution is 7.98. The van der Waals surface area contributed by atoms with Crippen LogP contribution in [0.25, 0.3) is 0 Å². The molecule has 0 aliphatic heterocycles. The van der Waals surface area contributed by atoms with Crippen molar-refractivity contribution in [3.8, 4) is 0 Å². The summed E-state index contributed by atoms with van der Waals surface area (Å²) in [7, 11) is 0. The van der Waals surface area contributed by atoms with Crippen LogP contribution in [0.4, 0.5) is 0 Å². The standard InChI is InChI=1S/C13H24O2S/c1-13(2)7-6-11(12(14)15)10(9-13)5-4-8-16-3/h10-11H,4-9H2,1-3H3,(H,14,15). The van der Waals surface area contributed by atoms with Gasteiger partial charge in [0.25, 0.3) is 0 Å². The van der Waals surface area contributed by atoms with E-state index in [9.17, 15) is 9.90 Å². The van der Waals surface area contributed by atoms with Crippen molar-refractivity contribution in [2.75, 3.05) is 12.0 Å². The van der Waals surface area contributed by atoms with Crippen LogP contribution in [0, 0.1) is 17.3 Å². The summed E-state index contributed by atoms with van der Waals surface area (Å²) in [5.74, 6) is 0.886. The smallest absolute Gasteiger partial charge is 0.306 e. The van der Waals surface area contributed by atoms with Gasteiger partial charge in [-0.3, -0.25) is 4.79 Å². The maximum absolute atomic E-state index is 11.2. The zero-order valence-corrected chi connectivity index (χ0v) is 11.5. The zero-order chi connectivity index (χ0) is 12.2. The highest BCUT2D eigenvalue weighted by atomic mass is 32.2. The van der Waals surface area contributed by atoms with Gasteiger partial charge < -0.3 is 5.11 Å². The minimum absolute atomic E-state index is 0.0881. The summed E-state index contributed by atoms with van der Waals surface area (Å²) in [6.45, 7) is 4.54. The van der Waals surface area contributed by atoms with Crippen LogP contribution in [0.1, 0.15) is 46.0 Å². The lowest BCUT2D eigenvalue weighted by Crippen LogP contribution is -2.34. The fourth-order valence-electron chi connectivity index (χ4n) is 2.85. The van der Waals surface area contributed by atoms with Gasteiger partial charge in [0, 0.05) is 0 Å². The van der Waals surface area contributed by atoms with Gasteiger partial charge in [-0.15, -0.1) is 0 Å². The van der Waals surface area contributed by atoms with Gasteiger partial charge in [-0.1, -0.05) is 13.8 Å². The molecule has 0 amide bonds. The van der Waals surface area contributed by atoms with E-state index in [1.165, 1.54) is 0 Å². The van der Waals surface area contributed by atoms with Crippen molar-refractivity contribution in [2.24, 2.45) is 17.3 Å². The summed E-state index contributed by atoms with van der Waals surface area (Å²) in [4.78, 5) is 11.2. The van der Waals surface area contributed by atoms with E-state index in [2.05, 4.69) is 20.1 Å². The highest BCUT2D eigenvalue weighted by Gasteiger charge is 2.37. The lowest BCUT2D eigenvalue weighted by atomic mass is 9.66. The summed E-state index contributed by atoms with van der Waals surface area (Å²) in [5, 5.41) is 9.23. The van der Waals surface area contributed by atoms with Crippen molar-refractivity contribution < 1.29 is 9.90 Å². The predicted octanol–water partition coefficient (Wildman–Crippen LogP) is 3.66. The highest BCUT2D eigenvalue weighted by Crippen LogP contribution is 2.43. The molecule has 0 heterocycles. The maximum atomic E-state index is 11.2. The van der Waals surface area contributed by atoms with Crippen molar-refractivity contribution in [1.82, 2.24) is 0 Å². The van der Waals surface area contributed by atoms with E-state index >= 15 is 0 Å². The lowest BCUT2D eigenvalue weighted by Gasteiger charge is -2.39. The minimum atomic E-state index is -0.579. The molecule has 1 saturated carbocycles. The second-order valence-corrected chi connectivity index (χ2v) is 6.73. The van der Waals surface area contributed by atoms with E-state index in [0.29, 0.717) is 11.3 Å². The Morgan fingerprint density at radius 2 is 2.19 bits per heavy atom. The number of hydrogen-bond donors (Lipinski definition) is 1. The molecular formula is C13H24O2S. The zero-order valence-electron chi connectivity index (χ0n) is 10.7. The largest absolute Gasteiger partial charge is 0.481 e. The van der Waals surface area contributed by atoms with Crippen LogP contribution in [-0.2, 0) is 4.79 Å². The lowest BCUT2D eigenvalue weighted by molar-refractivity contribution is -0.146. The van der Waals surface area contributed by atoms with Crippen molar-refractivity contribution in [3.63, 3.8) is 0 Å². The summed E-state index contributed by atoms with van der Waals surface area (Å²) in [5.41, 5.74) is 0.343.